The number of carbonyl (C=O) groups excluding carboxylic acids is 1. The molecule has 2 rings (SSSR count). The van der Waals surface area contributed by atoms with Gasteiger partial charge in [-0.25, -0.2) is 0 Å². The SMILES string of the molecule is CC1(C)O[C@@H]2[C@@H](O)CNC(=O)[C@]2(CO)O1. The van der Waals surface area contributed by atoms with Crippen molar-refractivity contribution < 1.29 is 24.5 Å². The normalized spacial score (nSPS) is 43.6. The van der Waals surface area contributed by atoms with Crippen LogP contribution >= 0.6 is 0 Å². The minimum Gasteiger partial charge on any atom is -0.393 e. The second-order valence-electron chi connectivity index (χ2n) is 4.37. The number of fused-ring (bicyclic) bond motifs is 1. The average molecular weight is 217 g/mol. The minimum atomic E-state index is -1.47. The van der Waals surface area contributed by atoms with Gasteiger partial charge >= 0.3 is 0 Å². The molecule has 86 valence electrons. The van der Waals surface area contributed by atoms with Gasteiger partial charge in [0.2, 0.25) is 5.60 Å². The highest BCUT2D eigenvalue weighted by molar-refractivity contribution is 5.87. The van der Waals surface area contributed by atoms with Crippen LogP contribution < -0.4 is 5.32 Å². The maximum Gasteiger partial charge on any atom is 0.257 e. The van der Waals surface area contributed by atoms with E-state index in [1.807, 2.05) is 0 Å². The molecule has 0 spiro atoms. The summed E-state index contributed by atoms with van der Waals surface area (Å²) in [6.45, 7) is 2.89. The fraction of sp³-hybridized carbons (Fsp3) is 0.889. The van der Waals surface area contributed by atoms with Crippen LogP contribution in [0.4, 0.5) is 0 Å². The summed E-state index contributed by atoms with van der Waals surface area (Å²) >= 11 is 0. The molecule has 2 aliphatic heterocycles. The van der Waals surface area contributed by atoms with E-state index in [0.717, 1.165) is 0 Å². The van der Waals surface area contributed by atoms with E-state index in [9.17, 15) is 15.0 Å². The Bertz CT molecular complexity index is 292. The van der Waals surface area contributed by atoms with Crippen molar-refractivity contribution in [3.05, 3.63) is 0 Å². The molecule has 3 atom stereocenters. The molecule has 6 heteroatoms. The van der Waals surface area contributed by atoms with E-state index in [-0.39, 0.29) is 6.54 Å². The van der Waals surface area contributed by atoms with E-state index in [1.165, 1.54) is 0 Å². The highest BCUT2D eigenvalue weighted by atomic mass is 16.8. The van der Waals surface area contributed by atoms with Gasteiger partial charge < -0.3 is 25.0 Å². The van der Waals surface area contributed by atoms with Crippen LogP contribution in [0.15, 0.2) is 0 Å². The molecule has 2 fully saturated rings. The first-order valence-corrected chi connectivity index (χ1v) is 4.86. The molecular formula is C9H15NO5. The molecule has 2 heterocycles. The Balaban J connectivity index is 2.37. The summed E-state index contributed by atoms with van der Waals surface area (Å²) in [6.07, 6.45) is -1.68. The molecule has 6 nitrogen and oxygen atoms in total. The van der Waals surface area contributed by atoms with Crippen molar-refractivity contribution in [2.45, 2.75) is 37.4 Å². The summed E-state index contributed by atoms with van der Waals surface area (Å²) in [5.74, 6) is -1.42. The van der Waals surface area contributed by atoms with Gasteiger partial charge in [0.1, 0.15) is 12.2 Å². The lowest BCUT2D eigenvalue weighted by molar-refractivity contribution is -0.179. The highest BCUT2D eigenvalue weighted by Gasteiger charge is 2.62. The van der Waals surface area contributed by atoms with Crippen LogP contribution in [0.3, 0.4) is 0 Å². The number of rotatable bonds is 1. The van der Waals surface area contributed by atoms with E-state index in [4.69, 9.17) is 9.47 Å². The van der Waals surface area contributed by atoms with Crippen molar-refractivity contribution in [2.75, 3.05) is 13.2 Å². The largest absolute Gasteiger partial charge is 0.393 e. The van der Waals surface area contributed by atoms with Gasteiger partial charge in [0.05, 0.1) is 6.61 Å². The van der Waals surface area contributed by atoms with Gasteiger partial charge in [-0.15, -0.1) is 0 Å². The molecule has 0 aromatic rings. The van der Waals surface area contributed by atoms with Crippen molar-refractivity contribution >= 4 is 5.91 Å². The molecule has 0 radical (unpaired) electrons. The van der Waals surface area contributed by atoms with Gasteiger partial charge in [0.15, 0.2) is 5.79 Å². The third-order valence-corrected chi connectivity index (χ3v) is 2.74. The molecule has 15 heavy (non-hydrogen) atoms. The van der Waals surface area contributed by atoms with Crippen LogP contribution in [0, 0.1) is 0 Å². The Morgan fingerprint density at radius 3 is 2.80 bits per heavy atom. The predicted molar refractivity (Wildman–Crippen MR) is 48.9 cm³/mol. The summed E-state index contributed by atoms with van der Waals surface area (Å²) < 4.78 is 10.9. The Labute approximate surface area is 87.2 Å². The Morgan fingerprint density at radius 2 is 2.27 bits per heavy atom. The quantitative estimate of drug-likeness (QED) is 0.490. The molecule has 1 amide bonds. The molecule has 0 aromatic heterocycles. The Morgan fingerprint density at radius 1 is 1.60 bits per heavy atom. The van der Waals surface area contributed by atoms with Crippen LogP contribution in [0.5, 0.6) is 0 Å². The number of hydrogen-bond donors (Lipinski definition) is 3. The fourth-order valence-electron chi connectivity index (χ4n) is 2.13. The second-order valence-corrected chi connectivity index (χ2v) is 4.37. The number of nitrogens with one attached hydrogen (secondary N) is 1. The average Bonchev–Trinajstić information content (AvgIpc) is 2.46. The molecule has 0 unspecified atom stereocenters. The minimum absolute atomic E-state index is 0.116. The summed E-state index contributed by atoms with van der Waals surface area (Å²) in [6, 6.07) is 0. The first kappa shape index (κ1) is 10.8. The molecule has 0 aliphatic carbocycles. The zero-order valence-electron chi connectivity index (χ0n) is 8.69. The summed E-state index contributed by atoms with van der Waals surface area (Å²) in [5, 5.41) is 21.5. The van der Waals surface area contributed by atoms with Gasteiger partial charge in [0.25, 0.3) is 5.91 Å². The zero-order chi connectivity index (χ0) is 11.3. The lowest BCUT2D eigenvalue weighted by Gasteiger charge is -2.36. The lowest BCUT2D eigenvalue weighted by Crippen LogP contribution is -2.66. The second kappa shape index (κ2) is 3.15. The molecule has 2 saturated heterocycles. The number of ether oxygens (including phenoxy) is 2. The zero-order valence-corrected chi connectivity index (χ0v) is 8.69. The summed E-state index contributed by atoms with van der Waals surface area (Å²) in [5.41, 5.74) is -1.47. The van der Waals surface area contributed by atoms with Crippen molar-refractivity contribution in [1.82, 2.24) is 5.32 Å². The van der Waals surface area contributed by atoms with Gasteiger partial charge in [-0.2, -0.15) is 0 Å². The number of carbonyl (C=O) groups is 1. The van der Waals surface area contributed by atoms with Crippen LogP contribution in [-0.4, -0.2) is 52.9 Å². The summed E-state index contributed by atoms with van der Waals surface area (Å²) in [7, 11) is 0. The number of aliphatic hydroxyl groups is 2. The van der Waals surface area contributed by atoms with E-state index in [1.54, 1.807) is 13.8 Å². The Kier molecular flexibility index (Phi) is 2.27. The van der Waals surface area contributed by atoms with Gasteiger partial charge in [-0.05, 0) is 13.8 Å². The van der Waals surface area contributed by atoms with E-state index in [0.29, 0.717) is 0 Å². The van der Waals surface area contributed by atoms with Crippen molar-refractivity contribution in [2.24, 2.45) is 0 Å². The van der Waals surface area contributed by atoms with Crippen LogP contribution in [-0.2, 0) is 14.3 Å². The van der Waals surface area contributed by atoms with Crippen LogP contribution in [0.25, 0.3) is 0 Å². The third kappa shape index (κ3) is 1.45. The molecule has 0 aromatic carbocycles. The van der Waals surface area contributed by atoms with Crippen molar-refractivity contribution in [1.29, 1.82) is 0 Å². The van der Waals surface area contributed by atoms with Crippen molar-refractivity contribution in [3.63, 3.8) is 0 Å². The van der Waals surface area contributed by atoms with Gasteiger partial charge in [-0.1, -0.05) is 0 Å². The topological polar surface area (TPSA) is 88.0 Å². The maximum atomic E-state index is 11.7. The van der Waals surface area contributed by atoms with E-state index >= 15 is 0 Å². The smallest absolute Gasteiger partial charge is 0.257 e. The van der Waals surface area contributed by atoms with Gasteiger partial charge in [-0.3, -0.25) is 4.79 Å². The standard InChI is InChI=1S/C9H15NO5/c1-8(2)14-6-5(12)3-10-7(13)9(6,4-11)15-8/h5-6,11-12H,3-4H2,1-2H3,(H,10,13)/t5-,6+,9+/m0/s1. The number of hydrogen-bond acceptors (Lipinski definition) is 5. The molecule has 0 saturated carbocycles. The highest BCUT2D eigenvalue weighted by Crippen LogP contribution is 2.39. The van der Waals surface area contributed by atoms with Crippen molar-refractivity contribution in [3.8, 4) is 0 Å². The monoisotopic (exact) mass is 217 g/mol. The lowest BCUT2D eigenvalue weighted by atomic mass is 9.89. The maximum absolute atomic E-state index is 11.7. The van der Waals surface area contributed by atoms with E-state index in [2.05, 4.69) is 5.32 Å². The number of β-amino-alcohol motifs (C(OH)–C–C–N with tert-alkyl or cyclic N) is 1. The molecular weight excluding hydrogens is 202 g/mol. The third-order valence-electron chi connectivity index (χ3n) is 2.74. The predicted octanol–water partition coefficient (Wildman–Crippen LogP) is -1.64. The number of aliphatic hydroxyl groups excluding tert-OH is 2. The van der Waals surface area contributed by atoms with Gasteiger partial charge in [0, 0.05) is 6.54 Å². The Hall–Kier alpha value is -0.690. The fourth-order valence-corrected chi connectivity index (χ4v) is 2.13. The molecule has 2 aliphatic rings. The first-order chi connectivity index (χ1) is 6.91. The number of piperidine rings is 1. The molecule has 3 N–H and O–H groups in total. The first-order valence-electron chi connectivity index (χ1n) is 4.86. The number of amides is 1. The van der Waals surface area contributed by atoms with Crippen LogP contribution in [0.1, 0.15) is 13.8 Å². The molecule has 0 bridgehead atoms. The van der Waals surface area contributed by atoms with E-state index < -0.39 is 36.1 Å². The summed E-state index contributed by atoms with van der Waals surface area (Å²) in [4.78, 5) is 11.7. The van der Waals surface area contributed by atoms with Crippen LogP contribution in [0.2, 0.25) is 0 Å².